The summed E-state index contributed by atoms with van der Waals surface area (Å²) in [6.07, 6.45) is 4.53. The van der Waals surface area contributed by atoms with Crippen molar-refractivity contribution < 1.29 is 4.79 Å². The van der Waals surface area contributed by atoms with Gasteiger partial charge in [-0.25, -0.2) is 0 Å². The standard InChI is InChI=1S/C16H24N2O/c1-3-16(19)17(2)13-14-7-9-15(10-8-14)18-11-5-4-6-12-18/h7-10H,3-6,11-13H2,1-2H3. The Hall–Kier alpha value is -1.51. The third-order valence-electron chi connectivity index (χ3n) is 3.81. The van der Waals surface area contributed by atoms with Crippen molar-refractivity contribution >= 4 is 11.6 Å². The normalized spacial score (nSPS) is 15.4. The number of rotatable bonds is 4. The van der Waals surface area contributed by atoms with Crippen LogP contribution >= 0.6 is 0 Å². The fourth-order valence-corrected chi connectivity index (χ4v) is 2.60. The molecule has 3 heteroatoms. The molecule has 1 aromatic carbocycles. The van der Waals surface area contributed by atoms with Crippen molar-refractivity contribution in [2.75, 3.05) is 25.0 Å². The molecule has 0 aliphatic carbocycles. The number of hydrogen-bond donors (Lipinski definition) is 0. The maximum atomic E-state index is 11.5. The Bertz CT molecular complexity index is 407. The first-order valence-electron chi connectivity index (χ1n) is 7.28. The van der Waals surface area contributed by atoms with Crippen molar-refractivity contribution in [2.24, 2.45) is 0 Å². The monoisotopic (exact) mass is 260 g/mol. The van der Waals surface area contributed by atoms with Gasteiger partial charge in [0.1, 0.15) is 0 Å². The zero-order valence-corrected chi connectivity index (χ0v) is 12.1. The number of nitrogens with zero attached hydrogens (tertiary/aromatic N) is 2. The molecule has 1 fully saturated rings. The molecule has 1 aromatic rings. The maximum Gasteiger partial charge on any atom is 0.222 e. The van der Waals surface area contributed by atoms with Gasteiger partial charge in [0, 0.05) is 38.8 Å². The number of hydrogen-bond acceptors (Lipinski definition) is 2. The fourth-order valence-electron chi connectivity index (χ4n) is 2.60. The van der Waals surface area contributed by atoms with Gasteiger partial charge in [0.2, 0.25) is 5.91 Å². The van der Waals surface area contributed by atoms with E-state index in [1.54, 1.807) is 4.90 Å². The zero-order valence-electron chi connectivity index (χ0n) is 12.1. The van der Waals surface area contributed by atoms with Crippen molar-refractivity contribution in [2.45, 2.75) is 39.2 Å². The molecule has 1 aliphatic rings. The Morgan fingerprint density at radius 1 is 1.16 bits per heavy atom. The van der Waals surface area contributed by atoms with Crippen LogP contribution in [-0.2, 0) is 11.3 Å². The van der Waals surface area contributed by atoms with Gasteiger partial charge >= 0.3 is 0 Å². The van der Waals surface area contributed by atoms with Gasteiger partial charge in [-0.15, -0.1) is 0 Å². The second kappa shape index (κ2) is 6.60. The third kappa shape index (κ3) is 3.72. The number of amides is 1. The Balaban J connectivity index is 1.96. The molecule has 0 unspecified atom stereocenters. The molecule has 0 saturated carbocycles. The largest absolute Gasteiger partial charge is 0.372 e. The van der Waals surface area contributed by atoms with E-state index in [1.807, 2.05) is 14.0 Å². The van der Waals surface area contributed by atoms with Crippen LogP contribution in [0.4, 0.5) is 5.69 Å². The van der Waals surface area contributed by atoms with Crippen LogP contribution in [0, 0.1) is 0 Å². The maximum absolute atomic E-state index is 11.5. The highest BCUT2D eigenvalue weighted by Crippen LogP contribution is 2.20. The number of carbonyl (C=O) groups excluding carboxylic acids is 1. The molecule has 1 aliphatic heterocycles. The predicted octanol–water partition coefficient (Wildman–Crippen LogP) is 3.05. The summed E-state index contributed by atoms with van der Waals surface area (Å²) in [6, 6.07) is 8.66. The van der Waals surface area contributed by atoms with E-state index in [2.05, 4.69) is 29.2 Å². The van der Waals surface area contributed by atoms with Crippen molar-refractivity contribution in [3.8, 4) is 0 Å². The van der Waals surface area contributed by atoms with Gasteiger partial charge in [0.15, 0.2) is 0 Å². The van der Waals surface area contributed by atoms with Gasteiger partial charge in [-0.05, 0) is 37.0 Å². The van der Waals surface area contributed by atoms with Gasteiger partial charge < -0.3 is 9.80 Å². The van der Waals surface area contributed by atoms with Crippen LogP contribution in [0.3, 0.4) is 0 Å². The van der Waals surface area contributed by atoms with E-state index in [4.69, 9.17) is 0 Å². The van der Waals surface area contributed by atoms with Crippen LogP contribution in [0.1, 0.15) is 38.2 Å². The van der Waals surface area contributed by atoms with E-state index < -0.39 is 0 Å². The molecule has 0 atom stereocenters. The Labute approximate surface area is 116 Å². The van der Waals surface area contributed by atoms with Gasteiger partial charge in [-0.3, -0.25) is 4.79 Å². The summed E-state index contributed by atoms with van der Waals surface area (Å²) in [7, 11) is 1.87. The molecule has 1 heterocycles. The molecular formula is C16H24N2O. The van der Waals surface area contributed by atoms with Crippen LogP contribution in [0.15, 0.2) is 24.3 Å². The van der Waals surface area contributed by atoms with Crippen molar-refractivity contribution in [3.63, 3.8) is 0 Å². The SMILES string of the molecule is CCC(=O)N(C)Cc1ccc(N2CCCCC2)cc1. The highest BCUT2D eigenvalue weighted by atomic mass is 16.2. The molecular weight excluding hydrogens is 236 g/mol. The molecule has 0 aromatic heterocycles. The lowest BCUT2D eigenvalue weighted by Gasteiger charge is -2.29. The van der Waals surface area contributed by atoms with E-state index in [1.165, 1.54) is 43.6 Å². The van der Waals surface area contributed by atoms with E-state index >= 15 is 0 Å². The van der Waals surface area contributed by atoms with Crippen LogP contribution in [-0.4, -0.2) is 30.9 Å². The van der Waals surface area contributed by atoms with E-state index in [0.29, 0.717) is 13.0 Å². The highest BCUT2D eigenvalue weighted by molar-refractivity contribution is 5.75. The molecule has 1 saturated heterocycles. The van der Waals surface area contributed by atoms with Crippen LogP contribution in [0.25, 0.3) is 0 Å². The molecule has 0 bridgehead atoms. The summed E-state index contributed by atoms with van der Waals surface area (Å²) in [6.45, 7) is 4.95. The average molecular weight is 260 g/mol. The molecule has 19 heavy (non-hydrogen) atoms. The molecule has 104 valence electrons. The lowest BCUT2D eigenvalue weighted by Crippen LogP contribution is -2.29. The summed E-state index contributed by atoms with van der Waals surface area (Å²) in [5.74, 6) is 0.195. The summed E-state index contributed by atoms with van der Waals surface area (Å²) < 4.78 is 0. The van der Waals surface area contributed by atoms with Crippen LogP contribution in [0.5, 0.6) is 0 Å². The fraction of sp³-hybridized carbons (Fsp3) is 0.562. The summed E-state index contributed by atoms with van der Waals surface area (Å²) in [4.78, 5) is 15.8. The highest BCUT2D eigenvalue weighted by Gasteiger charge is 2.11. The number of benzene rings is 1. The second-order valence-electron chi connectivity index (χ2n) is 5.32. The molecule has 0 radical (unpaired) electrons. The first kappa shape index (κ1) is 13.9. The molecule has 2 rings (SSSR count). The Morgan fingerprint density at radius 2 is 1.79 bits per heavy atom. The van der Waals surface area contributed by atoms with Crippen LogP contribution < -0.4 is 4.90 Å². The first-order chi connectivity index (χ1) is 9.20. The topological polar surface area (TPSA) is 23.6 Å². The number of piperidine rings is 1. The predicted molar refractivity (Wildman–Crippen MR) is 79.3 cm³/mol. The summed E-state index contributed by atoms with van der Waals surface area (Å²) >= 11 is 0. The second-order valence-corrected chi connectivity index (χ2v) is 5.32. The number of anilines is 1. The lowest BCUT2D eigenvalue weighted by atomic mass is 10.1. The summed E-state index contributed by atoms with van der Waals surface area (Å²) in [5.41, 5.74) is 2.51. The average Bonchev–Trinajstić information content (AvgIpc) is 2.48. The van der Waals surface area contributed by atoms with E-state index in [0.717, 1.165) is 0 Å². The Morgan fingerprint density at radius 3 is 2.37 bits per heavy atom. The molecule has 0 N–H and O–H groups in total. The minimum absolute atomic E-state index is 0.195. The number of carbonyl (C=O) groups is 1. The van der Waals surface area contributed by atoms with Crippen molar-refractivity contribution in [1.82, 2.24) is 4.90 Å². The molecule has 0 spiro atoms. The third-order valence-corrected chi connectivity index (χ3v) is 3.81. The smallest absolute Gasteiger partial charge is 0.222 e. The van der Waals surface area contributed by atoms with Gasteiger partial charge in [0.25, 0.3) is 0 Å². The van der Waals surface area contributed by atoms with Crippen molar-refractivity contribution in [3.05, 3.63) is 29.8 Å². The molecule has 1 amide bonds. The quantitative estimate of drug-likeness (QED) is 0.830. The first-order valence-corrected chi connectivity index (χ1v) is 7.28. The zero-order chi connectivity index (χ0) is 13.7. The Kier molecular flexibility index (Phi) is 4.83. The minimum Gasteiger partial charge on any atom is -0.372 e. The van der Waals surface area contributed by atoms with E-state index in [-0.39, 0.29) is 5.91 Å². The van der Waals surface area contributed by atoms with Gasteiger partial charge in [-0.1, -0.05) is 19.1 Å². The van der Waals surface area contributed by atoms with Crippen molar-refractivity contribution in [1.29, 1.82) is 0 Å². The van der Waals surface area contributed by atoms with Crippen LogP contribution in [0.2, 0.25) is 0 Å². The minimum atomic E-state index is 0.195. The van der Waals surface area contributed by atoms with Gasteiger partial charge in [-0.2, -0.15) is 0 Å². The van der Waals surface area contributed by atoms with Gasteiger partial charge in [0.05, 0.1) is 0 Å². The summed E-state index contributed by atoms with van der Waals surface area (Å²) in [5, 5.41) is 0. The van der Waals surface area contributed by atoms with E-state index in [9.17, 15) is 4.79 Å². The molecule has 3 nitrogen and oxygen atoms in total. The lowest BCUT2D eigenvalue weighted by molar-refractivity contribution is -0.130.